The molecular weight excluding hydrogens is 341 g/mol. The predicted octanol–water partition coefficient (Wildman–Crippen LogP) is 3.08. The molecule has 136 valence electrons. The van der Waals surface area contributed by atoms with Crippen LogP contribution in [0.2, 0.25) is 0 Å². The summed E-state index contributed by atoms with van der Waals surface area (Å²) in [6.07, 6.45) is 0. The summed E-state index contributed by atoms with van der Waals surface area (Å²) in [7, 11) is 0. The van der Waals surface area contributed by atoms with Gasteiger partial charge in [0, 0.05) is 43.2 Å². The van der Waals surface area contributed by atoms with Crippen molar-refractivity contribution in [3.63, 3.8) is 0 Å². The number of rotatable bonds is 6. The number of hydrogen-bond donors (Lipinski definition) is 2. The Balaban J connectivity index is 1.81. The van der Waals surface area contributed by atoms with E-state index in [4.69, 9.17) is 5.41 Å². The van der Waals surface area contributed by atoms with Gasteiger partial charge in [-0.2, -0.15) is 0 Å². The number of benzene rings is 1. The van der Waals surface area contributed by atoms with Crippen molar-refractivity contribution in [1.29, 1.82) is 5.41 Å². The molecule has 0 aromatic heterocycles. The highest BCUT2D eigenvalue weighted by Gasteiger charge is 2.22. The molecule has 0 aliphatic carbocycles. The largest absolute Gasteiger partial charge is 0.512 e. The van der Waals surface area contributed by atoms with E-state index in [2.05, 4.69) is 0 Å². The van der Waals surface area contributed by atoms with Gasteiger partial charge in [-0.3, -0.25) is 4.79 Å². The van der Waals surface area contributed by atoms with Crippen LogP contribution in [0.15, 0.2) is 35.6 Å². The molecule has 0 spiro atoms. The van der Waals surface area contributed by atoms with Crippen LogP contribution >= 0.6 is 11.8 Å². The maximum absolute atomic E-state index is 13.8. The molecule has 1 aliphatic rings. The fourth-order valence-corrected chi connectivity index (χ4v) is 3.81. The van der Waals surface area contributed by atoms with E-state index in [1.807, 2.05) is 11.0 Å². The quantitative estimate of drug-likeness (QED) is 0.600. The van der Waals surface area contributed by atoms with E-state index in [1.54, 1.807) is 30.9 Å². The molecule has 1 aliphatic heterocycles. The maximum atomic E-state index is 13.8. The van der Waals surface area contributed by atoms with Crippen molar-refractivity contribution in [2.45, 2.75) is 13.8 Å². The van der Waals surface area contributed by atoms with Gasteiger partial charge in [0.15, 0.2) is 0 Å². The molecule has 1 saturated heterocycles. The Kier molecular flexibility index (Phi) is 6.87. The average Bonchev–Trinajstić information content (AvgIpc) is 2.58. The van der Waals surface area contributed by atoms with Gasteiger partial charge in [0.2, 0.25) is 5.91 Å². The van der Waals surface area contributed by atoms with Crippen LogP contribution < -0.4 is 4.90 Å². The van der Waals surface area contributed by atoms with Crippen LogP contribution in [0.1, 0.15) is 13.8 Å². The lowest BCUT2D eigenvalue weighted by atomic mass is 10.2. The molecule has 25 heavy (non-hydrogen) atoms. The van der Waals surface area contributed by atoms with Gasteiger partial charge in [0.25, 0.3) is 0 Å². The van der Waals surface area contributed by atoms with Crippen molar-refractivity contribution in [2.24, 2.45) is 0 Å². The third-order valence-corrected chi connectivity index (χ3v) is 5.13. The fourth-order valence-electron chi connectivity index (χ4n) is 2.72. The van der Waals surface area contributed by atoms with Crippen LogP contribution in [0.4, 0.5) is 10.1 Å². The van der Waals surface area contributed by atoms with Crippen LogP contribution in [0.5, 0.6) is 0 Å². The Bertz CT molecular complexity index is 666. The van der Waals surface area contributed by atoms with E-state index in [0.717, 1.165) is 0 Å². The Hall–Kier alpha value is -2.02. The zero-order valence-corrected chi connectivity index (χ0v) is 15.4. The normalized spacial score (nSPS) is 15.8. The Morgan fingerprint density at radius 2 is 1.84 bits per heavy atom. The van der Waals surface area contributed by atoms with Crippen molar-refractivity contribution >= 4 is 29.1 Å². The number of anilines is 1. The van der Waals surface area contributed by atoms with Gasteiger partial charge < -0.3 is 20.3 Å². The van der Waals surface area contributed by atoms with E-state index in [9.17, 15) is 14.3 Å². The summed E-state index contributed by atoms with van der Waals surface area (Å²) >= 11 is 1.40. The molecule has 1 aromatic carbocycles. The number of nitrogens with zero attached hydrogens (tertiary/aromatic N) is 2. The molecule has 0 saturated carbocycles. The Morgan fingerprint density at radius 1 is 1.20 bits per heavy atom. The smallest absolute Gasteiger partial charge is 0.232 e. The van der Waals surface area contributed by atoms with E-state index in [-0.39, 0.29) is 17.5 Å². The summed E-state index contributed by atoms with van der Waals surface area (Å²) in [5.74, 6) is 0.683. The highest BCUT2D eigenvalue weighted by Crippen LogP contribution is 2.20. The summed E-state index contributed by atoms with van der Waals surface area (Å²) in [6, 6.07) is 6.69. The minimum atomic E-state index is -0.237. The van der Waals surface area contributed by atoms with Gasteiger partial charge >= 0.3 is 0 Å². The van der Waals surface area contributed by atoms with Gasteiger partial charge in [-0.15, -0.1) is 11.8 Å². The lowest BCUT2D eigenvalue weighted by molar-refractivity contribution is -0.128. The van der Waals surface area contributed by atoms with Crippen LogP contribution in [-0.2, 0) is 4.79 Å². The van der Waals surface area contributed by atoms with E-state index >= 15 is 0 Å². The Labute approximate surface area is 152 Å². The van der Waals surface area contributed by atoms with Crippen LogP contribution in [0, 0.1) is 11.2 Å². The third-order valence-electron chi connectivity index (χ3n) is 4.19. The van der Waals surface area contributed by atoms with Crippen LogP contribution in [0.3, 0.4) is 0 Å². The first-order valence-electron chi connectivity index (χ1n) is 8.19. The lowest BCUT2D eigenvalue weighted by Crippen LogP contribution is -2.49. The molecule has 0 atom stereocenters. The number of aliphatic hydroxyl groups excluding tert-OH is 1. The zero-order chi connectivity index (χ0) is 18.4. The maximum Gasteiger partial charge on any atom is 0.232 e. The standard InChI is InChI=1S/C18H24FN3O2S/c1-13(20)15(14(2)23)11-25-12-18(24)22-9-7-21(8-10-22)17-6-4-3-5-16(17)19/h3-6,20,23H,7-12H2,1-2H3/b15-14-,20-13?. The molecule has 5 nitrogen and oxygen atoms in total. The molecule has 0 bridgehead atoms. The fraction of sp³-hybridized carbons (Fsp3) is 0.444. The lowest BCUT2D eigenvalue weighted by Gasteiger charge is -2.36. The van der Waals surface area contributed by atoms with Gasteiger partial charge in [-0.05, 0) is 26.0 Å². The SMILES string of the molecule is CC(=N)/C(CSCC(=O)N1CCN(c2ccccc2F)CC1)=C(/C)O. The van der Waals surface area contributed by atoms with E-state index < -0.39 is 0 Å². The van der Waals surface area contributed by atoms with Crippen molar-refractivity contribution in [3.05, 3.63) is 41.4 Å². The first-order valence-corrected chi connectivity index (χ1v) is 9.35. The van der Waals surface area contributed by atoms with Gasteiger partial charge in [0.05, 0.1) is 17.2 Å². The van der Waals surface area contributed by atoms with E-state index in [0.29, 0.717) is 54.7 Å². The number of carbonyl (C=O) groups excluding carboxylic acids is 1. The third kappa shape index (κ3) is 5.22. The second-order valence-corrected chi connectivity index (χ2v) is 6.99. The van der Waals surface area contributed by atoms with Crippen LogP contribution in [0.25, 0.3) is 0 Å². The molecule has 2 rings (SSSR count). The number of thioether (sulfide) groups is 1. The number of nitrogens with one attached hydrogen (secondary N) is 1. The van der Waals surface area contributed by atoms with Crippen molar-refractivity contribution in [1.82, 2.24) is 4.90 Å². The number of amides is 1. The second-order valence-electron chi connectivity index (χ2n) is 6.00. The van der Waals surface area contributed by atoms with Crippen molar-refractivity contribution in [2.75, 3.05) is 42.6 Å². The molecule has 2 N–H and O–H groups in total. The minimum Gasteiger partial charge on any atom is -0.512 e. The number of allylic oxidation sites excluding steroid dienone is 1. The average molecular weight is 365 g/mol. The summed E-state index contributed by atoms with van der Waals surface area (Å²) in [5, 5.41) is 17.2. The molecule has 1 aromatic rings. The number of aliphatic hydroxyl groups is 1. The number of hydrogen-bond acceptors (Lipinski definition) is 5. The summed E-state index contributed by atoms with van der Waals surface area (Å²) in [6.45, 7) is 5.53. The highest BCUT2D eigenvalue weighted by atomic mass is 32.2. The number of para-hydroxylation sites is 1. The van der Waals surface area contributed by atoms with Crippen LogP contribution in [-0.4, -0.2) is 59.3 Å². The highest BCUT2D eigenvalue weighted by molar-refractivity contribution is 8.00. The first kappa shape index (κ1) is 19.3. The molecule has 0 unspecified atom stereocenters. The predicted molar refractivity (Wildman–Crippen MR) is 101 cm³/mol. The summed E-state index contributed by atoms with van der Waals surface area (Å²) in [5.41, 5.74) is 1.47. The topological polar surface area (TPSA) is 67.6 Å². The minimum absolute atomic E-state index is 0.0377. The van der Waals surface area contributed by atoms with Crippen molar-refractivity contribution < 1.29 is 14.3 Å². The summed E-state index contributed by atoms with van der Waals surface area (Å²) < 4.78 is 13.8. The molecule has 1 fully saturated rings. The monoisotopic (exact) mass is 365 g/mol. The summed E-state index contributed by atoms with van der Waals surface area (Å²) in [4.78, 5) is 16.1. The van der Waals surface area contributed by atoms with Gasteiger partial charge in [-0.25, -0.2) is 4.39 Å². The van der Waals surface area contributed by atoms with Gasteiger partial charge in [-0.1, -0.05) is 12.1 Å². The number of piperazine rings is 1. The van der Waals surface area contributed by atoms with Crippen molar-refractivity contribution in [3.8, 4) is 0 Å². The number of carbonyl (C=O) groups is 1. The molecule has 7 heteroatoms. The molecule has 1 heterocycles. The first-order chi connectivity index (χ1) is 11.9. The zero-order valence-electron chi connectivity index (χ0n) is 14.6. The molecule has 1 amide bonds. The van der Waals surface area contributed by atoms with E-state index in [1.165, 1.54) is 17.8 Å². The molecular formula is C18H24FN3O2S. The van der Waals surface area contributed by atoms with Gasteiger partial charge in [0.1, 0.15) is 5.82 Å². The molecule has 0 radical (unpaired) electrons. The number of halogens is 1. The second kappa shape index (κ2) is 8.89. The Morgan fingerprint density at radius 3 is 2.40 bits per heavy atom.